The van der Waals surface area contributed by atoms with E-state index in [0.717, 1.165) is 31.3 Å². The molecule has 1 saturated heterocycles. The van der Waals surface area contributed by atoms with Gasteiger partial charge >= 0.3 is 10.2 Å². The Morgan fingerprint density at radius 2 is 1.81 bits per heavy atom. The third kappa shape index (κ3) is 4.88. The molecule has 11 heteroatoms. The second-order valence-corrected chi connectivity index (χ2v) is 11.7. The molecule has 5 rings (SSSR count). The van der Waals surface area contributed by atoms with Gasteiger partial charge in [0.2, 0.25) is 0 Å². The molecule has 3 aromatic carbocycles. The minimum atomic E-state index is -3.95. The SMILES string of the molecule is Cc1ccc(-n2cc(-c3ccc(Cl)cc3Cl)nc2Cc2ccc(Br)cc2)cc1N1CC(=O)NS1(=O)=O. The summed E-state index contributed by atoms with van der Waals surface area (Å²) in [5.74, 6) is 0.157. The van der Waals surface area contributed by atoms with Gasteiger partial charge in [0.05, 0.1) is 16.4 Å². The Kier molecular flexibility index (Phi) is 6.59. The fourth-order valence-corrected chi connectivity index (χ4v) is 6.03. The van der Waals surface area contributed by atoms with Gasteiger partial charge in [-0.2, -0.15) is 8.42 Å². The molecule has 0 aliphatic carbocycles. The van der Waals surface area contributed by atoms with Crippen LogP contribution in [-0.4, -0.2) is 30.4 Å². The van der Waals surface area contributed by atoms with Crippen LogP contribution < -0.4 is 9.03 Å². The van der Waals surface area contributed by atoms with Gasteiger partial charge in [0.25, 0.3) is 5.91 Å². The van der Waals surface area contributed by atoms with Crippen molar-refractivity contribution in [2.24, 2.45) is 0 Å². The number of carbonyl (C=O) groups is 1. The zero-order valence-electron chi connectivity index (χ0n) is 18.9. The van der Waals surface area contributed by atoms with Crippen molar-refractivity contribution in [1.29, 1.82) is 0 Å². The number of nitrogens with zero attached hydrogens (tertiary/aromatic N) is 3. The van der Waals surface area contributed by atoms with Gasteiger partial charge in [-0.05, 0) is 60.5 Å². The van der Waals surface area contributed by atoms with E-state index in [1.807, 2.05) is 58.0 Å². The Balaban J connectivity index is 1.64. The monoisotopic (exact) mass is 604 g/mol. The third-order valence-corrected chi connectivity index (χ3v) is 8.29. The average Bonchev–Trinajstić information content (AvgIpc) is 3.34. The standard InChI is InChI=1S/C25H19BrCl2N4O3S/c1-15-2-8-19(12-23(15)32-14-25(33)30-36(32,34)35)31-13-22(20-9-7-18(27)11-21(20)28)29-24(31)10-16-3-5-17(26)6-4-16/h2-9,11-13H,10,14H2,1H3,(H,30,33). The average molecular weight is 606 g/mol. The van der Waals surface area contributed by atoms with Crippen molar-refractivity contribution in [3.05, 3.63) is 98.3 Å². The molecule has 1 aliphatic heterocycles. The zero-order chi connectivity index (χ0) is 25.6. The lowest BCUT2D eigenvalue weighted by Crippen LogP contribution is -2.30. The molecule has 0 atom stereocenters. The minimum absolute atomic E-state index is 0.270. The Hall–Kier alpha value is -2.85. The number of rotatable bonds is 5. The van der Waals surface area contributed by atoms with Crippen LogP contribution in [0.5, 0.6) is 0 Å². The van der Waals surface area contributed by atoms with Gasteiger partial charge in [-0.3, -0.25) is 4.79 Å². The van der Waals surface area contributed by atoms with Crippen LogP contribution in [0.25, 0.3) is 16.9 Å². The molecule has 0 spiro atoms. The van der Waals surface area contributed by atoms with Crippen molar-refractivity contribution in [1.82, 2.24) is 14.3 Å². The van der Waals surface area contributed by atoms with Gasteiger partial charge in [-0.25, -0.2) is 14.0 Å². The number of anilines is 1. The Bertz CT molecular complexity index is 1600. The number of imidazole rings is 1. The molecule has 1 aliphatic rings. The maximum Gasteiger partial charge on any atom is 0.326 e. The third-order valence-electron chi connectivity index (χ3n) is 5.82. The highest BCUT2D eigenvalue weighted by molar-refractivity contribution is 9.10. The number of hydrogen-bond donors (Lipinski definition) is 1. The highest BCUT2D eigenvalue weighted by Gasteiger charge is 2.35. The highest BCUT2D eigenvalue weighted by Crippen LogP contribution is 2.33. The van der Waals surface area contributed by atoms with E-state index in [1.54, 1.807) is 25.1 Å². The second kappa shape index (κ2) is 9.55. The molecule has 0 unspecified atom stereocenters. The number of amides is 1. The van der Waals surface area contributed by atoms with Crippen LogP contribution in [0.2, 0.25) is 10.0 Å². The summed E-state index contributed by atoms with van der Waals surface area (Å²) < 4.78 is 31.0. The predicted molar refractivity (Wildman–Crippen MR) is 145 cm³/mol. The Labute approximate surface area is 227 Å². The largest absolute Gasteiger partial charge is 0.326 e. The summed E-state index contributed by atoms with van der Waals surface area (Å²) in [4.78, 5) is 16.7. The number of aromatic nitrogens is 2. The smallest absolute Gasteiger partial charge is 0.303 e. The molecule has 184 valence electrons. The lowest BCUT2D eigenvalue weighted by Gasteiger charge is -2.19. The van der Waals surface area contributed by atoms with E-state index in [-0.39, 0.29) is 6.54 Å². The molecule has 0 saturated carbocycles. The van der Waals surface area contributed by atoms with Crippen molar-refractivity contribution in [3.63, 3.8) is 0 Å². The maximum absolute atomic E-state index is 12.5. The van der Waals surface area contributed by atoms with E-state index in [4.69, 9.17) is 28.2 Å². The molecule has 2 heterocycles. The van der Waals surface area contributed by atoms with Crippen molar-refractivity contribution in [3.8, 4) is 16.9 Å². The molecular weight excluding hydrogens is 587 g/mol. The van der Waals surface area contributed by atoms with Gasteiger partial charge in [0, 0.05) is 33.4 Å². The first kappa shape index (κ1) is 24.8. The summed E-state index contributed by atoms with van der Waals surface area (Å²) >= 11 is 16.0. The highest BCUT2D eigenvalue weighted by atomic mass is 79.9. The second-order valence-electron chi connectivity index (χ2n) is 8.35. The van der Waals surface area contributed by atoms with Crippen LogP contribution in [0.4, 0.5) is 5.69 Å². The van der Waals surface area contributed by atoms with Crippen molar-refractivity contribution in [2.45, 2.75) is 13.3 Å². The van der Waals surface area contributed by atoms with Crippen LogP contribution in [-0.2, 0) is 21.4 Å². The lowest BCUT2D eigenvalue weighted by molar-refractivity contribution is -0.117. The molecule has 0 bridgehead atoms. The van der Waals surface area contributed by atoms with Gasteiger partial charge in [-0.15, -0.1) is 0 Å². The van der Waals surface area contributed by atoms with Crippen LogP contribution in [0.3, 0.4) is 0 Å². The van der Waals surface area contributed by atoms with Crippen molar-refractivity contribution >= 4 is 60.9 Å². The summed E-state index contributed by atoms with van der Waals surface area (Å²) in [7, 11) is -3.95. The van der Waals surface area contributed by atoms with E-state index in [1.165, 1.54) is 0 Å². The molecule has 1 amide bonds. The normalized spacial score (nSPS) is 14.8. The van der Waals surface area contributed by atoms with Crippen LogP contribution in [0.15, 0.2) is 71.3 Å². The molecule has 1 N–H and O–H groups in total. The van der Waals surface area contributed by atoms with Crippen LogP contribution >= 0.6 is 39.1 Å². The van der Waals surface area contributed by atoms with Gasteiger partial charge in [0.1, 0.15) is 12.4 Å². The number of halogens is 3. The van der Waals surface area contributed by atoms with E-state index in [9.17, 15) is 13.2 Å². The van der Waals surface area contributed by atoms with Gasteiger partial charge < -0.3 is 4.57 Å². The fourth-order valence-electron chi connectivity index (χ4n) is 4.06. The van der Waals surface area contributed by atoms with Crippen LogP contribution in [0, 0.1) is 6.92 Å². The maximum atomic E-state index is 12.5. The molecule has 36 heavy (non-hydrogen) atoms. The number of carbonyl (C=O) groups excluding carboxylic acids is 1. The first-order valence-corrected chi connectivity index (χ1v) is 13.8. The van der Waals surface area contributed by atoms with E-state index < -0.39 is 16.1 Å². The summed E-state index contributed by atoms with van der Waals surface area (Å²) in [5, 5.41) is 0.996. The van der Waals surface area contributed by atoms with Crippen molar-refractivity contribution in [2.75, 3.05) is 10.8 Å². The predicted octanol–water partition coefficient (Wildman–Crippen LogP) is 5.69. The number of hydrogen-bond acceptors (Lipinski definition) is 4. The fraction of sp³-hybridized carbons (Fsp3) is 0.120. The number of benzene rings is 3. The minimum Gasteiger partial charge on any atom is -0.303 e. The Morgan fingerprint density at radius 3 is 2.47 bits per heavy atom. The first-order valence-electron chi connectivity index (χ1n) is 10.8. The van der Waals surface area contributed by atoms with E-state index >= 15 is 0 Å². The quantitative estimate of drug-likeness (QED) is 0.317. The molecule has 7 nitrogen and oxygen atoms in total. The van der Waals surface area contributed by atoms with Gasteiger partial charge in [-0.1, -0.05) is 57.3 Å². The van der Waals surface area contributed by atoms with Gasteiger partial charge in [0.15, 0.2) is 0 Å². The Morgan fingerprint density at radius 1 is 1.06 bits per heavy atom. The topological polar surface area (TPSA) is 84.3 Å². The number of nitrogens with one attached hydrogen (secondary N) is 1. The summed E-state index contributed by atoms with van der Waals surface area (Å²) in [6, 6.07) is 18.6. The molecule has 4 aromatic rings. The first-order chi connectivity index (χ1) is 17.1. The molecular formula is C25H19BrCl2N4O3S. The molecule has 1 aromatic heterocycles. The molecule has 0 radical (unpaired) electrons. The number of aryl methyl sites for hydroxylation is 1. The lowest BCUT2D eigenvalue weighted by atomic mass is 10.1. The summed E-state index contributed by atoms with van der Waals surface area (Å²) in [6.45, 7) is 1.53. The summed E-state index contributed by atoms with van der Waals surface area (Å²) in [6.07, 6.45) is 2.38. The molecule has 1 fully saturated rings. The van der Waals surface area contributed by atoms with E-state index in [0.29, 0.717) is 33.5 Å². The van der Waals surface area contributed by atoms with Crippen molar-refractivity contribution < 1.29 is 13.2 Å². The van der Waals surface area contributed by atoms with Crippen LogP contribution in [0.1, 0.15) is 17.0 Å². The zero-order valence-corrected chi connectivity index (χ0v) is 22.8. The summed E-state index contributed by atoms with van der Waals surface area (Å²) in [5.41, 5.74) is 4.25. The van der Waals surface area contributed by atoms with E-state index in [2.05, 4.69) is 15.9 Å².